The maximum atomic E-state index is 5.71. The fraction of sp³-hybridized carbons (Fsp3) is 0.591. The van der Waals surface area contributed by atoms with Gasteiger partial charge < -0.3 is 24.7 Å². The number of guanidine groups is 1. The summed E-state index contributed by atoms with van der Waals surface area (Å²) in [6.45, 7) is 13.9. The number of aliphatic imine (C=N–C) groups is 1. The molecule has 0 aliphatic carbocycles. The summed E-state index contributed by atoms with van der Waals surface area (Å²) in [6.07, 6.45) is 2.78. The lowest BCUT2D eigenvalue weighted by molar-refractivity contribution is 0.108. The summed E-state index contributed by atoms with van der Waals surface area (Å²) in [7, 11) is 0. The molecule has 1 aromatic heterocycles. The van der Waals surface area contributed by atoms with Crippen LogP contribution in [0.4, 0.5) is 5.69 Å². The molecule has 8 nitrogen and oxygen atoms in total. The highest BCUT2D eigenvalue weighted by atomic mass is 127. The molecule has 9 heteroatoms. The molecule has 1 heterocycles. The van der Waals surface area contributed by atoms with E-state index in [1.165, 1.54) is 0 Å². The van der Waals surface area contributed by atoms with Crippen LogP contribution in [-0.4, -0.2) is 46.6 Å². The molecule has 0 aliphatic heterocycles. The lowest BCUT2D eigenvalue weighted by atomic mass is 10.2. The lowest BCUT2D eigenvalue weighted by Crippen LogP contribution is -2.32. The van der Waals surface area contributed by atoms with Crippen molar-refractivity contribution in [3.8, 4) is 5.75 Å². The molecule has 0 fully saturated rings. The molecule has 2 aromatic rings. The third-order valence-electron chi connectivity index (χ3n) is 4.11. The Kier molecular flexibility index (Phi) is 13.1. The number of hydrogen-bond donors (Lipinski definition) is 2. The second-order valence-electron chi connectivity index (χ2n) is 7.76. The Bertz CT molecular complexity index is 762. The number of hydrogen-bond acceptors (Lipinski definition) is 5. The first-order chi connectivity index (χ1) is 14.5. The van der Waals surface area contributed by atoms with Gasteiger partial charge in [0, 0.05) is 32.0 Å². The second kappa shape index (κ2) is 15.0. The molecule has 0 spiro atoms. The fourth-order valence-electron chi connectivity index (χ4n) is 2.68. The van der Waals surface area contributed by atoms with Crippen molar-refractivity contribution in [3.05, 3.63) is 36.4 Å². The quantitative estimate of drug-likeness (QED) is 0.179. The first-order valence-electron chi connectivity index (χ1n) is 10.7. The number of aromatic nitrogens is 3. The molecular formula is C22H37IN6O2. The van der Waals surface area contributed by atoms with Gasteiger partial charge in [-0.2, -0.15) is 0 Å². The minimum Gasteiger partial charge on any atom is -0.491 e. The van der Waals surface area contributed by atoms with Gasteiger partial charge >= 0.3 is 0 Å². The maximum absolute atomic E-state index is 5.71. The summed E-state index contributed by atoms with van der Waals surface area (Å²) in [5.74, 6) is 2.93. The van der Waals surface area contributed by atoms with Gasteiger partial charge in [0.05, 0.1) is 6.10 Å². The zero-order valence-electron chi connectivity index (χ0n) is 19.3. The molecule has 0 unspecified atom stereocenters. The largest absolute Gasteiger partial charge is 0.491 e. The Morgan fingerprint density at radius 3 is 2.55 bits per heavy atom. The molecule has 0 bridgehead atoms. The van der Waals surface area contributed by atoms with Crippen LogP contribution in [-0.2, 0) is 17.8 Å². The number of nitrogens with one attached hydrogen (secondary N) is 2. The van der Waals surface area contributed by atoms with Gasteiger partial charge in [0.25, 0.3) is 0 Å². The van der Waals surface area contributed by atoms with E-state index in [1.54, 1.807) is 6.33 Å². The van der Waals surface area contributed by atoms with Crippen LogP contribution >= 0.6 is 24.0 Å². The molecule has 0 saturated carbocycles. The highest BCUT2D eigenvalue weighted by Crippen LogP contribution is 2.17. The molecule has 1 aromatic carbocycles. The van der Waals surface area contributed by atoms with Crippen molar-refractivity contribution in [2.75, 3.05) is 25.1 Å². The monoisotopic (exact) mass is 544 g/mol. The molecule has 174 valence electrons. The van der Waals surface area contributed by atoms with Crippen LogP contribution in [0.15, 0.2) is 35.6 Å². The number of nitrogens with zero attached hydrogens (tertiary/aromatic N) is 4. The summed E-state index contributed by atoms with van der Waals surface area (Å²) >= 11 is 0. The normalized spacial score (nSPS) is 11.5. The van der Waals surface area contributed by atoms with E-state index in [0.717, 1.165) is 50.0 Å². The van der Waals surface area contributed by atoms with Crippen LogP contribution in [0.2, 0.25) is 0 Å². The highest BCUT2D eigenvalue weighted by molar-refractivity contribution is 14.0. The van der Waals surface area contributed by atoms with Crippen molar-refractivity contribution in [1.82, 2.24) is 20.1 Å². The number of halogens is 1. The number of aryl methyl sites for hydroxylation is 1. The summed E-state index contributed by atoms with van der Waals surface area (Å²) in [5.41, 5.74) is 0.936. The maximum Gasteiger partial charge on any atom is 0.196 e. The van der Waals surface area contributed by atoms with Crippen molar-refractivity contribution in [2.24, 2.45) is 10.9 Å². The van der Waals surface area contributed by atoms with Crippen LogP contribution in [0.1, 0.15) is 46.9 Å². The molecule has 2 rings (SSSR count). The van der Waals surface area contributed by atoms with Gasteiger partial charge in [-0.25, -0.2) is 4.99 Å². The smallest absolute Gasteiger partial charge is 0.196 e. The Labute approximate surface area is 203 Å². The van der Waals surface area contributed by atoms with E-state index >= 15 is 0 Å². The zero-order chi connectivity index (χ0) is 21.8. The molecular weight excluding hydrogens is 507 g/mol. The summed E-state index contributed by atoms with van der Waals surface area (Å²) in [4.78, 5) is 4.69. The predicted molar refractivity (Wildman–Crippen MR) is 136 cm³/mol. The van der Waals surface area contributed by atoms with E-state index in [1.807, 2.05) is 42.7 Å². The third-order valence-corrected chi connectivity index (χ3v) is 4.11. The molecule has 0 saturated heterocycles. The first-order valence-corrected chi connectivity index (χ1v) is 10.7. The van der Waals surface area contributed by atoms with Gasteiger partial charge in [0.2, 0.25) is 0 Å². The molecule has 0 aliphatic rings. The Morgan fingerprint density at radius 2 is 1.90 bits per heavy atom. The van der Waals surface area contributed by atoms with E-state index < -0.39 is 0 Å². The van der Waals surface area contributed by atoms with E-state index in [0.29, 0.717) is 18.4 Å². The highest BCUT2D eigenvalue weighted by Gasteiger charge is 2.05. The van der Waals surface area contributed by atoms with Gasteiger partial charge in [-0.3, -0.25) is 0 Å². The van der Waals surface area contributed by atoms with E-state index in [4.69, 9.17) is 9.47 Å². The van der Waals surface area contributed by atoms with Gasteiger partial charge in [0.1, 0.15) is 18.6 Å². The van der Waals surface area contributed by atoms with Crippen molar-refractivity contribution in [3.63, 3.8) is 0 Å². The van der Waals surface area contributed by atoms with Crippen molar-refractivity contribution < 1.29 is 9.47 Å². The molecule has 0 atom stereocenters. The van der Waals surface area contributed by atoms with Crippen LogP contribution in [0.25, 0.3) is 0 Å². The Hall–Kier alpha value is -1.88. The summed E-state index contributed by atoms with van der Waals surface area (Å²) < 4.78 is 13.3. The molecule has 2 N–H and O–H groups in total. The predicted octanol–water partition coefficient (Wildman–Crippen LogP) is 4.32. The van der Waals surface area contributed by atoms with Gasteiger partial charge in [-0.1, -0.05) is 13.8 Å². The number of benzene rings is 1. The molecule has 0 amide bonds. The van der Waals surface area contributed by atoms with Crippen molar-refractivity contribution in [1.29, 1.82) is 0 Å². The average molecular weight is 544 g/mol. The third kappa shape index (κ3) is 10.8. The van der Waals surface area contributed by atoms with E-state index in [9.17, 15) is 0 Å². The average Bonchev–Trinajstić information content (AvgIpc) is 3.17. The Morgan fingerprint density at radius 1 is 1.16 bits per heavy atom. The SMILES string of the molecule is CCn1cnnc1CN=C(NCCCOCC(C)C)Nc1ccc(OC(C)C)cc1.I. The van der Waals surface area contributed by atoms with Crippen molar-refractivity contribution in [2.45, 2.75) is 60.2 Å². The van der Waals surface area contributed by atoms with Gasteiger partial charge in [-0.15, -0.1) is 34.2 Å². The standard InChI is InChI=1S/C22H36N6O2.HI/c1-6-28-16-25-27-21(28)14-24-22(23-12-7-13-29-15-17(2)3)26-19-8-10-20(11-9-19)30-18(4)5;/h8-11,16-18H,6-7,12-15H2,1-5H3,(H2,23,24,26);1H. The minimum absolute atomic E-state index is 0. The van der Waals surface area contributed by atoms with Gasteiger partial charge in [0.15, 0.2) is 11.8 Å². The first kappa shape index (κ1) is 27.2. The van der Waals surface area contributed by atoms with Crippen LogP contribution in [0.5, 0.6) is 5.75 Å². The van der Waals surface area contributed by atoms with Crippen molar-refractivity contribution >= 4 is 35.6 Å². The van der Waals surface area contributed by atoms with E-state index in [-0.39, 0.29) is 30.1 Å². The number of rotatable bonds is 12. The topological polar surface area (TPSA) is 85.6 Å². The van der Waals surface area contributed by atoms with Gasteiger partial charge in [-0.05, 0) is 57.4 Å². The number of anilines is 1. The fourth-order valence-corrected chi connectivity index (χ4v) is 2.68. The zero-order valence-corrected chi connectivity index (χ0v) is 21.6. The Balaban J connectivity index is 0.00000480. The second-order valence-corrected chi connectivity index (χ2v) is 7.76. The summed E-state index contributed by atoms with van der Waals surface area (Å²) in [6, 6.07) is 7.87. The van der Waals surface area contributed by atoms with Crippen LogP contribution in [0, 0.1) is 5.92 Å². The van der Waals surface area contributed by atoms with Crippen LogP contribution in [0.3, 0.4) is 0 Å². The minimum atomic E-state index is 0. The van der Waals surface area contributed by atoms with Crippen LogP contribution < -0.4 is 15.4 Å². The number of ether oxygens (including phenoxy) is 2. The molecule has 31 heavy (non-hydrogen) atoms. The summed E-state index contributed by atoms with van der Waals surface area (Å²) in [5, 5.41) is 14.9. The van der Waals surface area contributed by atoms with E-state index in [2.05, 4.69) is 46.6 Å². The molecule has 0 radical (unpaired) electrons. The lowest BCUT2D eigenvalue weighted by Gasteiger charge is -2.14.